The average molecular weight is 379 g/mol. The Morgan fingerprint density at radius 1 is 0.964 bits per heavy atom. The van der Waals surface area contributed by atoms with Gasteiger partial charge >= 0.3 is 5.97 Å². The molecule has 0 aliphatic carbocycles. The zero-order chi connectivity index (χ0) is 19.8. The van der Waals surface area contributed by atoms with Crippen molar-refractivity contribution in [2.75, 3.05) is 23.8 Å². The van der Waals surface area contributed by atoms with Crippen molar-refractivity contribution in [1.82, 2.24) is 15.2 Å². The summed E-state index contributed by atoms with van der Waals surface area (Å²) in [6.45, 7) is 4.53. The van der Waals surface area contributed by atoms with Gasteiger partial charge in [-0.15, -0.1) is 5.10 Å². The Morgan fingerprint density at radius 2 is 1.71 bits per heavy atom. The molecule has 3 aromatic rings. The Labute approximate surface area is 162 Å². The maximum atomic E-state index is 12.1. The molecule has 2 N–H and O–H groups in total. The normalized spacial score (nSPS) is 10.2. The molecular formula is C20H21N5O3. The van der Waals surface area contributed by atoms with Gasteiger partial charge in [-0.2, -0.15) is 10.1 Å². The van der Waals surface area contributed by atoms with E-state index in [1.165, 1.54) is 6.20 Å². The molecule has 3 rings (SSSR count). The molecule has 0 bridgehead atoms. The number of para-hydroxylation sites is 3. The van der Waals surface area contributed by atoms with Crippen LogP contribution in [0.25, 0.3) is 0 Å². The zero-order valence-corrected chi connectivity index (χ0v) is 15.7. The van der Waals surface area contributed by atoms with Crippen molar-refractivity contribution >= 4 is 29.1 Å². The molecule has 0 saturated heterocycles. The summed E-state index contributed by atoms with van der Waals surface area (Å²) in [4.78, 5) is 16.5. The summed E-state index contributed by atoms with van der Waals surface area (Å²) < 4.78 is 10.7. The molecule has 1 aromatic heterocycles. The molecule has 0 saturated carbocycles. The summed E-state index contributed by atoms with van der Waals surface area (Å²) in [6.07, 6.45) is 1.51. The summed E-state index contributed by atoms with van der Waals surface area (Å²) in [6, 6.07) is 14.5. The van der Waals surface area contributed by atoms with Gasteiger partial charge in [0.1, 0.15) is 5.75 Å². The van der Waals surface area contributed by atoms with E-state index in [1.54, 1.807) is 31.2 Å². The second-order valence-corrected chi connectivity index (χ2v) is 5.61. The zero-order valence-electron chi connectivity index (χ0n) is 15.7. The number of rotatable bonds is 8. The van der Waals surface area contributed by atoms with Crippen LogP contribution >= 0.6 is 0 Å². The van der Waals surface area contributed by atoms with Crippen LogP contribution in [-0.2, 0) is 4.74 Å². The van der Waals surface area contributed by atoms with Crippen molar-refractivity contribution in [3.8, 4) is 5.75 Å². The minimum atomic E-state index is -0.418. The van der Waals surface area contributed by atoms with E-state index in [0.29, 0.717) is 36.0 Å². The lowest BCUT2D eigenvalue weighted by atomic mass is 10.2. The lowest BCUT2D eigenvalue weighted by Gasteiger charge is -2.12. The number of carbonyl (C=O) groups excluding carboxylic acids is 1. The Bertz CT molecular complexity index is 948. The number of benzene rings is 2. The number of hydrogen-bond donors (Lipinski definition) is 2. The fraction of sp³-hybridized carbons (Fsp3) is 0.200. The van der Waals surface area contributed by atoms with Crippen molar-refractivity contribution in [2.45, 2.75) is 13.8 Å². The van der Waals surface area contributed by atoms with Crippen LogP contribution in [0.4, 0.5) is 23.1 Å². The van der Waals surface area contributed by atoms with Gasteiger partial charge in [-0.1, -0.05) is 24.3 Å². The second kappa shape index (κ2) is 9.31. The number of aromatic nitrogens is 3. The second-order valence-electron chi connectivity index (χ2n) is 5.61. The molecule has 1 heterocycles. The lowest BCUT2D eigenvalue weighted by Crippen LogP contribution is -2.09. The molecule has 0 fully saturated rings. The number of nitrogens with zero attached hydrogens (tertiary/aromatic N) is 3. The molecule has 0 spiro atoms. The third-order valence-corrected chi connectivity index (χ3v) is 3.68. The fourth-order valence-corrected chi connectivity index (χ4v) is 2.51. The van der Waals surface area contributed by atoms with E-state index in [4.69, 9.17) is 9.47 Å². The largest absolute Gasteiger partial charge is 0.492 e. The molecule has 0 atom stereocenters. The molecule has 8 nitrogen and oxygen atoms in total. The third kappa shape index (κ3) is 4.73. The average Bonchev–Trinajstić information content (AvgIpc) is 2.71. The number of esters is 1. The number of anilines is 4. The highest BCUT2D eigenvalue weighted by Gasteiger charge is 2.13. The summed E-state index contributed by atoms with van der Waals surface area (Å²) in [5, 5.41) is 14.1. The third-order valence-electron chi connectivity index (χ3n) is 3.68. The lowest BCUT2D eigenvalue weighted by molar-refractivity contribution is 0.0527. The van der Waals surface area contributed by atoms with Crippen LogP contribution < -0.4 is 15.4 Å². The van der Waals surface area contributed by atoms with Gasteiger partial charge in [0.2, 0.25) is 5.95 Å². The van der Waals surface area contributed by atoms with Crippen LogP contribution in [0.5, 0.6) is 5.75 Å². The fourth-order valence-electron chi connectivity index (χ4n) is 2.51. The maximum absolute atomic E-state index is 12.1. The van der Waals surface area contributed by atoms with E-state index in [2.05, 4.69) is 25.8 Å². The minimum Gasteiger partial charge on any atom is -0.492 e. The standard InChI is InChI=1S/C20H21N5O3/c1-3-27-17-12-8-7-11-16(17)22-18-13-21-25-20(24-18)23-15-10-6-5-9-14(15)19(26)28-4-2/h5-13H,3-4H2,1-2H3,(H2,22,23,24,25). The summed E-state index contributed by atoms with van der Waals surface area (Å²) in [7, 11) is 0. The highest BCUT2D eigenvalue weighted by atomic mass is 16.5. The monoisotopic (exact) mass is 379 g/mol. The van der Waals surface area contributed by atoms with Gasteiger partial charge in [0.25, 0.3) is 0 Å². The summed E-state index contributed by atoms with van der Waals surface area (Å²) in [5.41, 5.74) is 1.70. The first-order chi connectivity index (χ1) is 13.7. The van der Waals surface area contributed by atoms with Crippen LogP contribution in [0, 0.1) is 0 Å². The molecule has 0 aliphatic rings. The minimum absolute atomic E-state index is 0.246. The van der Waals surface area contributed by atoms with E-state index in [-0.39, 0.29) is 5.95 Å². The number of carbonyl (C=O) groups is 1. The number of ether oxygens (including phenoxy) is 2. The Balaban J connectivity index is 1.81. The summed E-state index contributed by atoms with van der Waals surface area (Å²) >= 11 is 0. The summed E-state index contributed by atoms with van der Waals surface area (Å²) in [5.74, 6) is 1.03. The van der Waals surface area contributed by atoms with E-state index in [0.717, 1.165) is 5.69 Å². The van der Waals surface area contributed by atoms with E-state index < -0.39 is 5.97 Å². The highest BCUT2D eigenvalue weighted by Crippen LogP contribution is 2.27. The van der Waals surface area contributed by atoms with E-state index in [1.807, 2.05) is 31.2 Å². The maximum Gasteiger partial charge on any atom is 0.340 e. The molecule has 2 aromatic carbocycles. The Kier molecular flexibility index (Phi) is 6.35. The van der Waals surface area contributed by atoms with Crippen LogP contribution in [0.2, 0.25) is 0 Å². The Hall–Kier alpha value is -3.68. The molecule has 28 heavy (non-hydrogen) atoms. The molecule has 144 valence electrons. The number of hydrogen-bond acceptors (Lipinski definition) is 8. The van der Waals surface area contributed by atoms with Gasteiger partial charge in [-0.05, 0) is 38.1 Å². The van der Waals surface area contributed by atoms with Gasteiger partial charge in [0.05, 0.1) is 36.3 Å². The van der Waals surface area contributed by atoms with Crippen molar-refractivity contribution in [3.05, 3.63) is 60.3 Å². The van der Waals surface area contributed by atoms with Crippen molar-refractivity contribution in [3.63, 3.8) is 0 Å². The molecule has 0 aliphatic heterocycles. The van der Waals surface area contributed by atoms with Gasteiger partial charge < -0.3 is 20.1 Å². The molecule has 8 heteroatoms. The van der Waals surface area contributed by atoms with Crippen LogP contribution in [-0.4, -0.2) is 34.4 Å². The first-order valence-electron chi connectivity index (χ1n) is 8.93. The topological polar surface area (TPSA) is 98.3 Å². The number of nitrogens with one attached hydrogen (secondary N) is 2. The quantitative estimate of drug-likeness (QED) is 0.568. The molecule has 0 amide bonds. The predicted octanol–water partition coefficient (Wildman–Crippen LogP) is 3.93. The molecular weight excluding hydrogens is 358 g/mol. The van der Waals surface area contributed by atoms with Crippen molar-refractivity contribution < 1.29 is 14.3 Å². The van der Waals surface area contributed by atoms with Crippen LogP contribution in [0.3, 0.4) is 0 Å². The van der Waals surface area contributed by atoms with Gasteiger partial charge in [-0.25, -0.2) is 4.79 Å². The van der Waals surface area contributed by atoms with Gasteiger partial charge in [0, 0.05) is 0 Å². The molecule has 0 radical (unpaired) electrons. The van der Waals surface area contributed by atoms with Crippen molar-refractivity contribution in [1.29, 1.82) is 0 Å². The first kappa shape index (κ1) is 19.1. The van der Waals surface area contributed by atoms with E-state index >= 15 is 0 Å². The van der Waals surface area contributed by atoms with Crippen molar-refractivity contribution in [2.24, 2.45) is 0 Å². The Morgan fingerprint density at radius 3 is 2.50 bits per heavy atom. The molecule has 0 unspecified atom stereocenters. The first-order valence-corrected chi connectivity index (χ1v) is 8.93. The predicted molar refractivity (Wildman–Crippen MR) is 106 cm³/mol. The van der Waals surface area contributed by atoms with Crippen LogP contribution in [0.1, 0.15) is 24.2 Å². The smallest absolute Gasteiger partial charge is 0.340 e. The highest BCUT2D eigenvalue weighted by molar-refractivity contribution is 5.96. The van der Waals surface area contributed by atoms with E-state index in [9.17, 15) is 4.79 Å². The SMILES string of the molecule is CCOC(=O)c1ccccc1Nc1nncc(Nc2ccccc2OCC)n1. The van der Waals surface area contributed by atoms with Gasteiger partial charge in [0.15, 0.2) is 5.82 Å². The van der Waals surface area contributed by atoms with Crippen LogP contribution in [0.15, 0.2) is 54.7 Å². The van der Waals surface area contributed by atoms with Gasteiger partial charge in [-0.3, -0.25) is 0 Å².